The Labute approximate surface area is 138 Å². The molecule has 5 heteroatoms. The van der Waals surface area contributed by atoms with Gasteiger partial charge in [0, 0.05) is 27.8 Å². The first-order chi connectivity index (χ1) is 10.6. The molecule has 0 aliphatic rings. The standard InChI is InChI=1S/C17H17BrN2O2/c1-2-3-16(21)19-14-8-10-15(11-9-14)20-17(22)12-4-6-13(18)7-5-12/h4-11H,2-3H2,1H3,(H,19,21)(H,20,22). The monoisotopic (exact) mass is 360 g/mol. The second-order valence-corrected chi connectivity index (χ2v) is 5.75. The molecule has 0 fully saturated rings. The predicted octanol–water partition coefficient (Wildman–Crippen LogP) is 4.44. The lowest BCUT2D eigenvalue weighted by Gasteiger charge is -2.08. The SMILES string of the molecule is CCCC(=O)Nc1ccc(NC(=O)c2ccc(Br)cc2)cc1. The number of carbonyl (C=O) groups is 2. The number of amides is 2. The molecule has 4 nitrogen and oxygen atoms in total. The van der Waals surface area contributed by atoms with Gasteiger partial charge in [0.15, 0.2) is 0 Å². The van der Waals surface area contributed by atoms with Gasteiger partial charge in [0.05, 0.1) is 0 Å². The van der Waals surface area contributed by atoms with Crippen molar-refractivity contribution in [1.82, 2.24) is 0 Å². The van der Waals surface area contributed by atoms with E-state index in [1.54, 1.807) is 36.4 Å². The van der Waals surface area contributed by atoms with Crippen LogP contribution in [0.15, 0.2) is 53.0 Å². The van der Waals surface area contributed by atoms with E-state index in [0.29, 0.717) is 17.7 Å². The Morgan fingerprint density at radius 3 is 2.00 bits per heavy atom. The average molecular weight is 361 g/mol. The Balaban J connectivity index is 1.97. The van der Waals surface area contributed by atoms with Crippen molar-refractivity contribution < 1.29 is 9.59 Å². The molecule has 0 aliphatic heterocycles. The molecule has 0 saturated carbocycles. The van der Waals surface area contributed by atoms with Crippen LogP contribution in [-0.4, -0.2) is 11.8 Å². The van der Waals surface area contributed by atoms with Gasteiger partial charge in [0.2, 0.25) is 5.91 Å². The normalized spacial score (nSPS) is 10.1. The van der Waals surface area contributed by atoms with Crippen LogP contribution in [0.3, 0.4) is 0 Å². The molecule has 0 radical (unpaired) electrons. The Morgan fingerprint density at radius 2 is 1.45 bits per heavy atom. The third-order valence-electron chi connectivity index (χ3n) is 3.01. The molecular weight excluding hydrogens is 344 g/mol. The van der Waals surface area contributed by atoms with E-state index in [1.165, 1.54) is 0 Å². The van der Waals surface area contributed by atoms with E-state index in [0.717, 1.165) is 16.6 Å². The minimum absolute atomic E-state index is 0.00542. The molecular formula is C17H17BrN2O2. The summed E-state index contributed by atoms with van der Waals surface area (Å²) < 4.78 is 0.927. The summed E-state index contributed by atoms with van der Waals surface area (Å²) in [6, 6.07) is 14.2. The van der Waals surface area contributed by atoms with E-state index in [1.807, 2.05) is 19.1 Å². The van der Waals surface area contributed by atoms with Crippen LogP contribution < -0.4 is 10.6 Å². The smallest absolute Gasteiger partial charge is 0.255 e. The van der Waals surface area contributed by atoms with Crippen molar-refractivity contribution in [2.24, 2.45) is 0 Å². The van der Waals surface area contributed by atoms with Crippen molar-refractivity contribution in [2.75, 3.05) is 10.6 Å². The number of carbonyl (C=O) groups excluding carboxylic acids is 2. The van der Waals surface area contributed by atoms with Crippen molar-refractivity contribution in [2.45, 2.75) is 19.8 Å². The number of halogens is 1. The van der Waals surface area contributed by atoms with Gasteiger partial charge in [-0.25, -0.2) is 0 Å². The van der Waals surface area contributed by atoms with Crippen molar-refractivity contribution in [3.05, 3.63) is 58.6 Å². The summed E-state index contributed by atoms with van der Waals surface area (Å²) in [4.78, 5) is 23.6. The Hall–Kier alpha value is -2.14. The van der Waals surface area contributed by atoms with E-state index in [2.05, 4.69) is 26.6 Å². The molecule has 0 aromatic heterocycles. The Kier molecular flexibility index (Phi) is 5.72. The zero-order valence-corrected chi connectivity index (χ0v) is 13.8. The van der Waals surface area contributed by atoms with E-state index in [-0.39, 0.29) is 11.8 Å². The van der Waals surface area contributed by atoms with Gasteiger partial charge in [-0.05, 0) is 55.0 Å². The van der Waals surface area contributed by atoms with Gasteiger partial charge in [-0.3, -0.25) is 9.59 Å². The lowest BCUT2D eigenvalue weighted by molar-refractivity contribution is -0.116. The van der Waals surface area contributed by atoms with Crippen LogP contribution in [0, 0.1) is 0 Å². The number of nitrogens with one attached hydrogen (secondary N) is 2. The molecule has 0 spiro atoms. The fourth-order valence-electron chi connectivity index (χ4n) is 1.89. The quantitative estimate of drug-likeness (QED) is 0.827. The van der Waals surface area contributed by atoms with Crippen molar-refractivity contribution in [1.29, 1.82) is 0 Å². The van der Waals surface area contributed by atoms with Gasteiger partial charge in [-0.2, -0.15) is 0 Å². The lowest BCUT2D eigenvalue weighted by Crippen LogP contribution is -2.12. The number of hydrogen-bond acceptors (Lipinski definition) is 2. The Bertz CT molecular complexity index is 651. The van der Waals surface area contributed by atoms with Crippen molar-refractivity contribution in [3.63, 3.8) is 0 Å². The largest absolute Gasteiger partial charge is 0.326 e. The van der Waals surface area contributed by atoms with Gasteiger partial charge in [-0.1, -0.05) is 22.9 Å². The molecule has 0 saturated heterocycles. The number of anilines is 2. The maximum absolute atomic E-state index is 12.1. The number of rotatable bonds is 5. The maximum Gasteiger partial charge on any atom is 0.255 e. The van der Waals surface area contributed by atoms with Crippen LogP contribution in [0.1, 0.15) is 30.1 Å². The third kappa shape index (κ3) is 4.70. The maximum atomic E-state index is 12.1. The second kappa shape index (κ2) is 7.75. The molecule has 0 atom stereocenters. The molecule has 22 heavy (non-hydrogen) atoms. The van der Waals surface area contributed by atoms with E-state index < -0.39 is 0 Å². The fraction of sp³-hybridized carbons (Fsp3) is 0.176. The summed E-state index contributed by atoms with van der Waals surface area (Å²) in [6.07, 6.45) is 1.31. The highest BCUT2D eigenvalue weighted by molar-refractivity contribution is 9.10. The van der Waals surface area contributed by atoms with Gasteiger partial charge in [-0.15, -0.1) is 0 Å². The molecule has 2 aromatic rings. The summed E-state index contributed by atoms with van der Waals surface area (Å²) in [7, 11) is 0. The highest BCUT2D eigenvalue weighted by Crippen LogP contribution is 2.16. The van der Waals surface area contributed by atoms with Crippen LogP contribution >= 0.6 is 15.9 Å². The van der Waals surface area contributed by atoms with Gasteiger partial charge in [0.25, 0.3) is 5.91 Å². The molecule has 0 heterocycles. The highest BCUT2D eigenvalue weighted by Gasteiger charge is 2.06. The summed E-state index contributed by atoms with van der Waals surface area (Å²) in [5.41, 5.74) is 1.99. The van der Waals surface area contributed by atoms with E-state index in [9.17, 15) is 9.59 Å². The molecule has 2 rings (SSSR count). The van der Waals surface area contributed by atoms with Crippen molar-refractivity contribution in [3.8, 4) is 0 Å². The summed E-state index contributed by atoms with van der Waals surface area (Å²) in [5, 5.41) is 5.62. The highest BCUT2D eigenvalue weighted by atomic mass is 79.9. The summed E-state index contributed by atoms with van der Waals surface area (Å²) in [6.45, 7) is 1.96. The van der Waals surface area contributed by atoms with Crippen LogP contribution in [0.25, 0.3) is 0 Å². The molecule has 0 bridgehead atoms. The van der Waals surface area contributed by atoms with Gasteiger partial charge >= 0.3 is 0 Å². The molecule has 2 amide bonds. The van der Waals surface area contributed by atoms with Crippen molar-refractivity contribution >= 4 is 39.1 Å². The predicted molar refractivity (Wildman–Crippen MR) is 92.1 cm³/mol. The topological polar surface area (TPSA) is 58.2 Å². The lowest BCUT2D eigenvalue weighted by atomic mass is 10.2. The number of hydrogen-bond donors (Lipinski definition) is 2. The van der Waals surface area contributed by atoms with Crippen LogP contribution in [0.4, 0.5) is 11.4 Å². The summed E-state index contributed by atoms with van der Waals surface area (Å²) >= 11 is 3.33. The molecule has 0 aliphatic carbocycles. The average Bonchev–Trinajstić information content (AvgIpc) is 2.50. The molecule has 2 N–H and O–H groups in total. The van der Waals surface area contributed by atoms with E-state index >= 15 is 0 Å². The van der Waals surface area contributed by atoms with Gasteiger partial charge in [0.1, 0.15) is 0 Å². The van der Waals surface area contributed by atoms with Crippen LogP contribution in [0.2, 0.25) is 0 Å². The van der Waals surface area contributed by atoms with E-state index in [4.69, 9.17) is 0 Å². The summed E-state index contributed by atoms with van der Waals surface area (Å²) in [5.74, 6) is -0.176. The first kappa shape index (κ1) is 16.2. The van der Waals surface area contributed by atoms with Crippen LogP contribution in [0.5, 0.6) is 0 Å². The minimum atomic E-state index is -0.171. The zero-order valence-electron chi connectivity index (χ0n) is 12.2. The molecule has 2 aromatic carbocycles. The first-order valence-electron chi connectivity index (χ1n) is 7.05. The first-order valence-corrected chi connectivity index (χ1v) is 7.84. The third-order valence-corrected chi connectivity index (χ3v) is 3.54. The van der Waals surface area contributed by atoms with Crippen LogP contribution in [-0.2, 0) is 4.79 Å². The molecule has 114 valence electrons. The zero-order chi connectivity index (χ0) is 15.9. The second-order valence-electron chi connectivity index (χ2n) is 4.84. The fourth-order valence-corrected chi connectivity index (χ4v) is 2.16. The Morgan fingerprint density at radius 1 is 0.909 bits per heavy atom. The molecule has 0 unspecified atom stereocenters. The van der Waals surface area contributed by atoms with Gasteiger partial charge < -0.3 is 10.6 Å². The minimum Gasteiger partial charge on any atom is -0.326 e. The number of benzene rings is 2.